The first kappa shape index (κ1) is 15.1. The normalized spacial score (nSPS) is 26.4. The van der Waals surface area contributed by atoms with Crippen molar-refractivity contribution in [2.24, 2.45) is 11.8 Å². The van der Waals surface area contributed by atoms with E-state index in [-0.39, 0.29) is 18.8 Å². The second-order valence-corrected chi connectivity index (χ2v) is 6.93. The minimum Gasteiger partial charge on any atom is -0.392 e. The second kappa shape index (κ2) is 6.02. The van der Waals surface area contributed by atoms with Gasteiger partial charge in [-0.1, -0.05) is 11.6 Å². The van der Waals surface area contributed by atoms with Crippen LogP contribution in [-0.4, -0.2) is 17.4 Å². The number of aliphatic hydroxyl groups is 1. The highest BCUT2D eigenvalue weighted by Gasteiger charge is 2.42. The van der Waals surface area contributed by atoms with Crippen LogP contribution in [0.2, 0.25) is 4.34 Å². The highest BCUT2D eigenvalue weighted by molar-refractivity contribution is 7.16. The molecule has 1 N–H and O–H groups in total. The van der Waals surface area contributed by atoms with E-state index in [1.165, 1.54) is 11.3 Å². The van der Waals surface area contributed by atoms with Crippen LogP contribution in [0, 0.1) is 11.8 Å². The smallest absolute Gasteiger partial charge is 0.391 e. The van der Waals surface area contributed by atoms with E-state index in [9.17, 15) is 18.3 Å². The Bertz CT molecular complexity index is 410. The molecule has 0 bridgehead atoms. The van der Waals surface area contributed by atoms with Gasteiger partial charge in [-0.15, -0.1) is 11.3 Å². The van der Waals surface area contributed by atoms with E-state index < -0.39 is 18.2 Å². The quantitative estimate of drug-likeness (QED) is 0.859. The fourth-order valence-electron chi connectivity index (χ4n) is 2.67. The van der Waals surface area contributed by atoms with Crippen molar-refractivity contribution in [2.75, 3.05) is 0 Å². The molecule has 1 saturated carbocycles. The van der Waals surface area contributed by atoms with Crippen LogP contribution in [0.1, 0.15) is 30.6 Å². The van der Waals surface area contributed by atoms with Crippen LogP contribution in [0.5, 0.6) is 0 Å². The summed E-state index contributed by atoms with van der Waals surface area (Å²) < 4.78 is 38.3. The molecule has 0 aromatic carbocycles. The minimum absolute atomic E-state index is 0.0283. The fourth-order valence-corrected chi connectivity index (χ4v) is 3.80. The number of aliphatic hydroxyl groups excluding tert-OH is 1. The maximum Gasteiger partial charge on any atom is 0.391 e. The monoisotopic (exact) mass is 312 g/mol. The Morgan fingerprint density at radius 2 is 1.89 bits per heavy atom. The van der Waals surface area contributed by atoms with E-state index in [0.29, 0.717) is 23.6 Å². The summed E-state index contributed by atoms with van der Waals surface area (Å²) in [7, 11) is 0. The van der Waals surface area contributed by atoms with Gasteiger partial charge in [0.2, 0.25) is 0 Å². The zero-order chi connectivity index (χ0) is 14.0. The summed E-state index contributed by atoms with van der Waals surface area (Å²) in [4.78, 5) is 0.982. The lowest BCUT2D eigenvalue weighted by Crippen LogP contribution is -2.32. The summed E-state index contributed by atoms with van der Waals surface area (Å²) in [6.45, 7) is 0. The van der Waals surface area contributed by atoms with Gasteiger partial charge in [-0.3, -0.25) is 0 Å². The van der Waals surface area contributed by atoms with Gasteiger partial charge in [-0.2, -0.15) is 13.2 Å². The lowest BCUT2D eigenvalue weighted by Gasteiger charge is -2.32. The molecule has 2 rings (SSSR count). The van der Waals surface area contributed by atoms with Gasteiger partial charge in [0.25, 0.3) is 0 Å². The molecule has 0 saturated heterocycles. The molecule has 1 aliphatic carbocycles. The Hall–Kier alpha value is -0.260. The summed E-state index contributed by atoms with van der Waals surface area (Å²) in [5.41, 5.74) is 0. The molecule has 1 aromatic heterocycles. The molecule has 0 radical (unpaired) electrons. The van der Waals surface area contributed by atoms with Crippen molar-refractivity contribution in [3.63, 3.8) is 0 Å². The van der Waals surface area contributed by atoms with Crippen molar-refractivity contribution >= 4 is 22.9 Å². The summed E-state index contributed by atoms with van der Waals surface area (Å²) in [5, 5.41) is 10.1. The highest BCUT2D eigenvalue weighted by atomic mass is 35.5. The van der Waals surface area contributed by atoms with E-state index in [1.54, 1.807) is 6.07 Å². The minimum atomic E-state index is -4.09. The molecule has 1 atom stereocenters. The zero-order valence-corrected chi connectivity index (χ0v) is 11.9. The molecule has 1 aliphatic rings. The average molecular weight is 313 g/mol. The predicted octanol–water partition coefficient (Wildman–Crippen LogP) is 4.67. The van der Waals surface area contributed by atoms with Gasteiger partial charge in [0.05, 0.1) is 16.4 Å². The third kappa shape index (κ3) is 4.10. The third-order valence-corrected chi connectivity index (χ3v) is 5.07. The van der Waals surface area contributed by atoms with Gasteiger partial charge < -0.3 is 5.11 Å². The maximum absolute atomic E-state index is 12.5. The van der Waals surface area contributed by atoms with E-state index in [2.05, 4.69) is 0 Å². The van der Waals surface area contributed by atoms with Gasteiger partial charge in [0.1, 0.15) is 0 Å². The fraction of sp³-hybridized carbons (Fsp3) is 0.692. The molecule has 1 aromatic rings. The first-order valence-corrected chi connectivity index (χ1v) is 7.54. The van der Waals surface area contributed by atoms with Crippen LogP contribution < -0.4 is 0 Å². The second-order valence-electron chi connectivity index (χ2n) is 5.13. The molecule has 108 valence electrons. The molecule has 1 fully saturated rings. The van der Waals surface area contributed by atoms with Gasteiger partial charge >= 0.3 is 6.18 Å². The molecule has 1 heterocycles. The summed E-state index contributed by atoms with van der Waals surface area (Å²) >= 11 is 7.22. The van der Waals surface area contributed by atoms with Gasteiger partial charge in [0.15, 0.2) is 0 Å². The molecule has 0 spiro atoms. The van der Waals surface area contributed by atoms with Gasteiger partial charge in [-0.05, 0) is 43.7 Å². The largest absolute Gasteiger partial charge is 0.392 e. The standard InChI is InChI=1S/C13H16ClF3OS/c14-12-6-5-10(19-12)7-11(18)8-1-3-9(4-2-8)13(15,16)17/h5-6,8-9,11,18H,1-4,7H2. The highest BCUT2D eigenvalue weighted by Crippen LogP contribution is 2.41. The molecule has 6 heteroatoms. The Kier molecular flexibility index (Phi) is 4.79. The van der Waals surface area contributed by atoms with Crippen molar-refractivity contribution in [3.8, 4) is 0 Å². The zero-order valence-electron chi connectivity index (χ0n) is 10.3. The molecular weight excluding hydrogens is 297 g/mol. The third-order valence-electron chi connectivity index (χ3n) is 3.82. The molecule has 0 aliphatic heterocycles. The number of halogens is 4. The SMILES string of the molecule is OC(Cc1ccc(Cl)s1)C1CCC(C(F)(F)F)CC1. The van der Waals surface area contributed by atoms with Crippen molar-refractivity contribution in [3.05, 3.63) is 21.3 Å². The Morgan fingerprint density at radius 1 is 1.26 bits per heavy atom. The number of hydrogen-bond acceptors (Lipinski definition) is 2. The molecule has 0 amide bonds. The van der Waals surface area contributed by atoms with Crippen LogP contribution in [0.15, 0.2) is 12.1 Å². The predicted molar refractivity (Wildman–Crippen MR) is 70.5 cm³/mol. The number of rotatable bonds is 3. The Labute approximate surface area is 119 Å². The van der Waals surface area contributed by atoms with E-state index in [1.807, 2.05) is 6.07 Å². The van der Waals surface area contributed by atoms with Crippen molar-refractivity contribution < 1.29 is 18.3 Å². The number of alkyl halides is 3. The van der Waals surface area contributed by atoms with Crippen LogP contribution >= 0.6 is 22.9 Å². The molecule has 1 nitrogen and oxygen atoms in total. The van der Waals surface area contributed by atoms with Crippen molar-refractivity contribution in [1.29, 1.82) is 0 Å². The molecule has 19 heavy (non-hydrogen) atoms. The van der Waals surface area contributed by atoms with E-state index in [0.717, 1.165) is 4.88 Å². The van der Waals surface area contributed by atoms with Crippen molar-refractivity contribution in [1.82, 2.24) is 0 Å². The van der Waals surface area contributed by atoms with E-state index >= 15 is 0 Å². The summed E-state index contributed by atoms with van der Waals surface area (Å²) in [5.74, 6) is -1.22. The summed E-state index contributed by atoms with van der Waals surface area (Å²) in [6.07, 6.45) is -3.00. The van der Waals surface area contributed by atoms with Crippen LogP contribution in [0.3, 0.4) is 0 Å². The van der Waals surface area contributed by atoms with Crippen molar-refractivity contribution in [2.45, 2.75) is 44.4 Å². The number of thiophene rings is 1. The van der Waals surface area contributed by atoms with Crippen LogP contribution in [-0.2, 0) is 6.42 Å². The molecule has 1 unspecified atom stereocenters. The lowest BCUT2D eigenvalue weighted by atomic mass is 9.78. The average Bonchev–Trinajstić information content (AvgIpc) is 2.74. The van der Waals surface area contributed by atoms with Crippen LogP contribution in [0.4, 0.5) is 13.2 Å². The number of hydrogen-bond donors (Lipinski definition) is 1. The first-order chi connectivity index (χ1) is 8.86. The lowest BCUT2D eigenvalue weighted by molar-refractivity contribution is -0.185. The Morgan fingerprint density at radius 3 is 2.37 bits per heavy atom. The van der Waals surface area contributed by atoms with Crippen LogP contribution in [0.25, 0.3) is 0 Å². The van der Waals surface area contributed by atoms with Gasteiger partial charge in [-0.25, -0.2) is 0 Å². The molecular formula is C13H16ClF3OS. The first-order valence-electron chi connectivity index (χ1n) is 6.35. The Balaban J connectivity index is 1.84. The topological polar surface area (TPSA) is 20.2 Å². The maximum atomic E-state index is 12.5. The summed E-state index contributed by atoms with van der Waals surface area (Å²) in [6, 6.07) is 3.63. The van der Waals surface area contributed by atoms with E-state index in [4.69, 9.17) is 11.6 Å². The van der Waals surface area contributed by atoms with Gasteiger partial charge in [0, 0.05) is 11.3 Å².